The Morgan fingerprint density at radius 2 is 0.726 bits per heavy atom. The Hall–Kier alpha value is -3.06. The van der Waals surface area contributed by atoms with E-state index in [1.807, 2.05) is 20.8 Å². The third-order valence-electron chi connectivity index (χ3n) is 14.6. The Morgan fingerprint density at radius 3 is 1.06 bits per heavy atom. The second-order valence-electron chi connectivity index (χ2n) is 19.4. The molecule has 0 aliphatic heterocycles. The summed E-state index contributed by atoms with van der Waals surface area (Å²) in [5, 5.41) is 0. The average molecular weight is 853 g/mol. The van der Waals surface area contributed by atoms with Gasteiger partial charge in [-0.2, -0.15) is 0 Å². The molecule has 0 spiro atoms. The molecule has 0 heterocycles. The van der Waals surface area contributed by atoms with E-state index >= 15 is 0 Å². The lowest BCUT2D eigenvalue weighted by molar-refractivity contribution is -0.0714. The second kappa shape index (κ2) is 26.7. The molecule has 0 aromatic heterocycles. The zero-order valence-corrected chi connectivity index (χ0v) is 39.5. The van der Waals surface area contributed by atoms with E-state index in [9.17, 15) is 0 Å². The van der Waals surface area contributed by atoms with Crippen molar-refractivity contribution in [1.82, 2.24) is 0 Å². The third kappa shape index (κ3) is 16.8. The average Bonchev–Trinajstić information content (AvgIpc) is 3.29. The zero-order chi connectivity index (χ0) is 43.4. The van der Waals surface area contributed by atoms with Gasteiger partial charge in [-0.3, -0.25) is 0 Å². The molecule has 6 unspecified atom stereocenters. The van der Waals surface area contributed by atoms with E-state index in [0.717, 1.165) is 93.3 Å². The Balaban J connectivity index is 1.05. The van der Waals surface area contributed by atoms with Crippen molar-refractivity contribution in [2.24, 2.45) is 17.8 Å². The van der Waals surface area contributed by atoms with Gasteiger partial charge in [0.05, 0.1) is 19.8 Å². The highest BCUT2D eigenvalue weighted by atomic mass is 16.7. The Kier molecular flexibility index (Phi) is 20.8. The number of rotatable bonds is 26. The maximum atomic E-state index is 6.27. The molecule has 6 rings (SSSR count). The van der Waals surface area contributed by atoms with Crippen LogP contribution in [0.3, 0.4) is 0 Å². The molecule has 3 aliphatic carbocycles. The minimum Gasteiger partial charge on any atom is -0.465 e. The first-order chi connectivity index (χ1) is 30.3. The lowest BCUT2D eigenvalue weighted by Gasteiger charge is -2.27. The summed E-state index contributed by atoms with van der Waals surface area (Å²) in [5.74, 6) is 6.17. The summed E-state index contributed by atoms with van der Waals surface area (Å²) in [4.78, 5) is 0. The summed E-state index contributed by atoms with van der Waals surface area (Å²) in [7, 11) is 0. The molecule has 3 aromatic rings. The van der Waals surface area contributed by atoms with Gasteiger partial charge in [-0.25, -0.2) is 0 Å². The predicted molar refractivity (Wildman–Crippen MR) is 254 cm³/mol. The molecule has 3 aliphatic rings. The highest BCUT2D eigenvalue weighted by Crippen LogP contribution is 2.40. The van der Waals surface area contributed by atoms with Crippen LogP contribution in [0.5, 0.6) is 17.2 Å². The molecule has 3 fully saturated rings. The van der Waals surface area contributed by atoms with Gasteiger partial charge in [-0.05, 0) is 148 Å². The first-order valence-corrected chi connectivity index (χ1v) is 25.5. The van der Waals surface area contributed by atoms with Crippen LogP contribution in [-0.2, 0) is 14.2 Å². The van der Waals surface area contributed by atoms with Gasteiger partial charge in [0.15, 0.2) is 18.9 Å². The third-order valence-corrected chi connectivity index (χ3v) is 14.6. The number of benzene rings is 3. The highest BCUT2D eigenvalue weighted by molar-refractivity contribution is 5.34. The fourth-order valence-corrected chi connectivity index (χ4v) is 10.6. The first kappa shape index (κ1) is 48.4. The van der Waals surface area contributed by atoms with Gasteiger partial charge in [-0.15, -0.1) is 0 Å². The minimum absolute atomic E-state index is 0.256. The van der Waals surface area contributed by atoms with Crippen molar-refractivity contribution in [3.63, 3.8) is 0 Å². The number of hydrogen-bond acceptors (Lipinski definition) is 6. The molecule has 62 heavy (non-hydrogen) atoms. The molecule has 0 N–H and O–H groups in total. The summed E-state index contributed by atoms with van der Waals surface area (Å²) < 4.78 is 37.0. The van der Waals surface area contributed by atoms with Gasteiger partial charge in [0.1, 0.15) is 17.2 Å². The Labute approximate surface area is 377 Å². The van der Waals surface area contributed by atoms with Crippen molar-refractivity contribution in [2.75, 3.05) is 19.8 Å². The zero-order valence-electron chi connectivity index (χ0n) is 39.5. The van der Waals surface area contributed by atoms with Crippen LogP contribution in [0.15, 0.2) is 72.8 Å². The van der Waals surface area contributed by atoms with Crippen molar-refractivity contribution >= 4 is 0 Å². The molecule has 344 valence electrons. The Morgan fingerprint density at radius 1 is 0.403 bits per heavy atom. The van der Waals surface area contributed by atoms with Gasteiger partial charge in [-0.1, -0.05) is 147 Å². The van der Waals surface area contributed by atoms with Gasteiger partial charge in [0, 0.05) is 0 Å². The van der Waals surface area contributed by atoms with E-state index in [1.54, 1.807) is 0 Å². The molecule has 0 amide bonds. The molecular formula is C56H84O6. The van der Waals surface area contributed by atoms with E-state index in [1.165, 1.54) is 113 Å². The molecule has 0 radical (unpaired) electrons. The molecule has 3 saturated carbocycles. The summed E-state index contributed by atoms with van der Waals surface area (Å²) in [6.07, 6.45) is 26.3. The van der Waals surface area contributed by atoms with Crippen LogP contribution in [0.4, 0.5) is 0 Å². The SMILES string of the molecule is CCC(CC(CC(C)c1ccc(OC(C)OCCC2CCCCC2)cc1)c1ccc(OC(C)OCCC2CCCCC2)cc1)c1ccc(OC(C)OCCC2CCCCC2)cc1. The van der Waals surface area contributed by atoms with Crippen LogP contribution in [0.2, 0.25) is 0 Å². The molecule has 0 saturated heterocycles. The number of hydrogen-bond donors (Lipinski definition) is 0. The van der Waals surface area contributed by atoms with Crippen molar-refractivity contribution < 1.29 is 28.4 Å². The van der Waals surface area contributed by atoms with Gasteiger partial charge in [0.25, 0.3) is 0 Å². The fraction of sp³-hybridized carbons (Fsp3) is 0.679. The van der Waals surface area contributed by atoms with E-state index in [4.69, 9.17) is 28.4 Å². The lowest BCUT2D eigenvalue weighted by Crippen LogP contribution is -2.19. The van der Waals surface area contributed by atoms with Crippen LogP contribution in [0.25, 0.3) is 0 Å². The van der Waals surface area contributed by atoms with Crippen molar-refractivity contribution in [3.05, 3.63) is 89.5 Å². The van der Waals surface area contributed by atoms with E-state index in [-0.39, 0.29) is 18.9 Å². The van der Waals surface area contributed by atoms with Gasteiger partial charge < -0.3 is 28.4 Å². The van der Waals surface area contributed by atoms with E-state index < -0.39 is 0 Å². The molecule has 6 heteroatoms. The van der Waals surface area contributed by atoms with Crippen LogP contribution in [-0.4, -0.2) is 38.7 Å². The maximum Gasteiger partial charge on any atom is 0.196 e. The first-order valence-electron chi connectivity index (χ1n) is 25.5. The Bertz CT molecular complexity index is 1610. The highest BCUT2D eigenvalue weighted by Gasteiger charge is 2.23. The van der Waals surface area contributed by atoms with E-state index in [0.29, 0.717) is 17.8 Å². The van der Waals surface area contributed by atoms with Crippen molar-refractivity contribution in [3.8, 4) is 17.2 Å². The smallest absolute Gasteiger partial charge is 0.196 e. The van der Waals surface area contributed by atoms with Crippen molar-refractivity contribution in [1.29, 1.82) is 0 Å². The maximum absolute atomic E-state index is 6.27. The molecule has 6 nitrogen and oxygen atoms in total. The van der Waals surface area contributed by atoms with Crippen LogP contribution in [0.1, 0.15) is 204 Å². The molecule has 6 atom stereocenters. The molecule has 3 aromatic carbocycles. The summed E-state index contributed by atoms with van der Waals surface area (Å²) in [6, 6.07) is 26.4. The van der Waals surface area contributed by atoms with Crippen LogP contribution < -0.4 is 14.2 Å². The monoisotopic (exact) mass is 853 g/mol. The molecular weight excluding hydrogens is 769 g/mol. The van der Waals surface area contributed by atoms with Gasteiger partial charge in [0.2, 0.25) is 0 Å². The van der Waals surface area contributed by atoms with E-state index in [2.05, 4.69) is 86.6 Å². The standard InChI is InChI=1S/C56H84O6/c1-6-49(51-24-30-55(31-25-51)61-44(4)58-38-35-47-18-12-8-13-19-47)41-53(52-26-32-56(33-27-52)62-45(5)59-39-36-48-20-14-9-15-21-48)40-42(2)50-22-28-54(29-23-50)60-43(3)57-37-34-46-16-10-7-11-17-46/h22-33,42-49,53H,6-21,34-41H2,1-5H3. The normalized spacial score (nSPS) is 19.9. The minimum atomic E-state index is -0.268. The van der Waals surface area contributed by atoms with Crippen LogP contribution in [0, 0.1) is 17.8 Å². The number of ether oxygens (including phenoxy) is 6. The van der Waals surface area contributed by atoms with Crippen LogP contribution >= 0.6 is 0 Å². The summed E-state index contributed by atoms with van der Waals surface area (Å²) in [5.41, 5.74) is 4.04. The topological polar surface area (TPSA) is 55.4 Å². The lowest BCUT2D eigenvalue weighted by atomic mass is 9.78. The quantitative estimate of drug-likeness (QED) is 0.0750. The fourth-order valence-electron chi connectivity index (χ4n) is 10.6. The summed E-state index contributed by atoms with van der Waals surface area (Å²) in [6.45, 7) is 13.1. The second-order valence-corrected chi connectivity index (χ2v) is 19.4. The summed E-state index contributed by atoms with van der Waals surface area (Å²) >= 11 is 0. The van der Waals surface area contributed by atoms with Crippen molar-refractivity contribution in [2.45, 2.75) is 206 Å². The molecule has 0 bridgehead atoms. The predicted octanol–water partition coefficient (Wildman–Crippen LogP) is 15.7. The van der Waals surface area contributed by atoms with Gasteiger partial charge >= 0.3 is 0 Å². The largest absolute Gasteiger partial charge is 0.465 e.